The number of hydrogen-bond acceptors (Lipinski definition) is 2. The zero-order chi connectivity index (χ0) is 11.4. The highest BCUT2D eigenvalue weighted by Crippen LogP contribution is 2.25. The standard InChI is InChI=1S/C12H14ClNO2/c13-8-12(15)14-9-4-6-11(7-5-9)16-10-2-1-3-10/h4-7,10H,1-3,8H2,(H,14,15). The van der Waals surface area contributed by atoms with Gasteiger partial charge in [-0.25, -0.2) is 0 Å². The lowest BCUT2D eigenvalue weighted by Crippen LogP contribution is -2.24. The minimum Gasteiger partial charge on any atom is -0.490 e. The minimum atomic E-state index is -0.200. The Bertz CT molecular complexity index is 360. The highest BCUT2D eigenvalue weighted by molar-refractivity contribution is 6.29. The topological polar surface area (TPSA) is 38.3 Å². The Morgan fingerprint density at radius 2 is 2.06 bits per heavy atom. The molecule has 0 atom stereocenters. The lowest BCUT2D eigenvalue weighted by Gasteiger charge is -2.26. The first-order valence-corrected chi connectivity index (χ1v) is 5.94. The van der Waals surface area contributed by atoms with Gasteiger partial charge < -0.3 is 10.1 Å². The Balaban J connectivity index is 1.90. The summed E-state index contributed by atoms with van der Waals surface area (Å²) in [5.74, 6) is 0.628. The van der Waals surface area contributed by atoms with Gasteiger partial charge in [0.2, 0.25) is 5.91 Å². The monoisotopic (exact) mass is 239 g/mol. The second kappa shape index (κ2) is 5.21. The van der Waals surface area contributed by atoms with Crippen LogP contribution in [0.5, 0.6) is 5.75 Å². The summed E-state index contributed by atoms with van der Waals surface area (Å²) in [5, 5.41) is 2.67. The smallest absolute Gasteiger partial charge is 0.239 e. The molecular formula is C12H14ClNO2. The Morgan fingerprint density at radius 1 is 1.38 bits per heavy atom. The number of halogens is 1. The van der Waals surface area contributed by atoms with Crippen LogP contribution < -0.4 is 10.1 Å². The number of rotatable bonds is 4. The zero-order valence-corrected chi connectivity index (χ0v) is 9.67. The average Bonchev–Trinajstić information content (AvgIpc) is 2.25. The third-order valence-electron chi connectivity index (χ3n) is 2.61. The van der Waals surface area contributed by atoms with Crippen molar-refractivity contribution >= 4 is 23.2 Å². The van der Waals surface area contributed by atoms with Crippen molar-refractivity contribution in [2.24, 2.45) is 0 Å². The second-order valence-corrected chi connectivity index (χ2v) is 4.14. The SMILES string of the molecule is O=C(CCl)Nc1ccc(OC2CCC2)cc1. The molecule has 1 aliphatic carbocycles. The van der Waals surface area contributed by atoms with E-state index in [0.717, 1.165) is 24.3 Å². The van der Waals surface area contributed by atoms with E-state index in [-0.39, 0.29) is 11.8 Å². The van der Waals surface area contributed by atoms with Crippen LogP contribution in [0.3, 0.4) is 0 Å². The van der Waals surface area contributed by atoms with Crippen molar-refractivity contribution in [3.8, 4) is 5.75 Å². The van der Waals surface area contributed by atoms with E-state index in [0.29, 0.717) is 6.10 Å². The number of anilines is 1. The van der Waals surface area contributed by atoms with Crippen LogP contribution in [-0.2, 0) is 4.79 Å². The van der Waals surface area contributed by atoms with E-state index in [4.69, 9.17) is 16.3 Å². The number of amides is 1. The van der Waals surface area contributed by atoms with Gasteiger partial charge in [-0.05, 0) is 43.5 Å². The number of carbonyl (C=O) groups is 1. The zero-order valence-electron chi connectivity index (χ0n) is 8.91. The van der Waals surface area contributed by atoms with Crippen molar-refractivity contribution in [3.63, 3.8) is 0 Å². The molecule has 0 heterocycles. The Hall–Kier alpha value is -1.22. The first-order valence-electron chi connectivity index (χ1n) is 5.40. The molecule has 16 heavy (non-hydrogen) atoms. The first kappa shape index (κ1) is 11.3. The summed E-state index contributed by atoms with van der Waals surface area (Å²) < 4.78 is 5.70. The molecule has 1 aliphatic rings. The van der Waals surface area contributed by atoms with E-state index in [2.05, 4.69) is 5.32 Å². The van der Waals surface area contributed by atoms with Gasteiger partial charge in [0.25, 0.3) is 0 Å². The minimum absolute atomic E-state index is 0.0275. The van der Waals surface area contributed by atoms with E-state index in [1.807, 2.05) is 24.3 Å². The largest absolute Gasteiger partial charge is 0.490 e. The molecule has 0 aliphatic heterocycles. The predicted octanol–water partition coefficient (Wildman–Crippen LogP) is 2.80. The van der Waals surface area contributed by atoms with E-state index >= 15 is 0 Å². The molecule has 1 aromatic rings. The lowest BCUT2D eigenvalue weighted by molar-refractivity contribution is -0.113. The Labute approximate surface area is 99.7 Å². The molecular weight excluding hydrogens is 226 g/mol. The number of hydrogen-bond donors (Lipinski definition) is 1. The van der Waals surface area contributed by atoms with Crippen LogP contribution in [0, 0.1) is 0 Å². The summed E-state index contributed by atoms with van der Waals surface area (Å²) in [7, 11) is 0. The van der Waals surface area contributed by atoms with Crippen LogP contribution in [0.1, 0.15) is 19.3 Å². The Morgan fingerprint density at radius 3 is 2.56 bits per heavy atom. The molecule has 0 spiro atoms. The number of nitrogens with one attached hydrogen (secondary N) is 1. The van der Waals surface area contributed by atoms with Crippen LogP contribution in [0.2, 0.25) is 0 Å². The van der Waals surface area contributed by atoms with Crippen LogP contribution in [0.25, 0.3) is 0 Å². The average molecular weight is 240 g/mol. The van der Waals surface area contributed by atoms with Gasteiger partial charge in [0.05, 0.1) is 6.10 Å². The molecule has 86 valence electrons. The number of carbonyl (C=O) groups excluding carboxylic acids is 1. The van der Waals surface area contributed by atoms with Crippen LogP contribution in [0.4, 0.5) is 5.69 Å². The third kappa shape index (κ3) is 2.89. The maximum absolute atomic E-state index is 11.0. The maximum atomic E-state index is 11.0. The molecule has 4 heteroatoms. The van der Waals surface area contributed by atoms with Gasteiger partial charge in [0.15, 0.2) is 0 Å². The highest BCUT2D eigenvalue weighted by atomic mass is 35.5. The molecule has 3 nitrogen and oxygen atoms in total. The van der Waals surface area contributed by atoms with Gasteiger partial charge in [-0.3, -0.25) is 4.79 Å². The summed E-state index contributed by atoms with van der Waals surface area (Å²) in [4.78, 5) is 11.0. The fourth-order valence-corrected chi connectivity index (χ4v) is 1.56. The van der Waals surface area contributed by atoms with Gasteiger partial charge in [0, 0.05) is 5.69 Å². The molecule has 0 saturated heterocycles. The van der Waals surface area contributed by atoms with Crippen molar-refractivity contribution in [2.45, 2.75) is 25.4 Å². The third-order valence-corrected chi connectivity index (χ3v) is 2.86. The molecule has 0 aromatic heterocycles. The van der Waals surface area contributed by atoms with Crippen LogP contribution in [0.15, 0.2) is 24.3 Å². The number of ether oxygens (including phenoxy) is 1. The fraction of sp³-hybridized carbons (Fsp3) is 0.417. The molecule has 1 amide bonds. The van der Waals surface area contributed by atoms with Gasteiger partial charge in [-0.15, -0.1) is 11.6 Å². The molecule has 0 bridgehead atoms. The summed E-state index contributed by atoms with van der Waals surface area (Å²) >= 11 is 5.39. The summed E-state index contributed by atoms with van der Waals surface area (Å²) in [6.07, 6.45) is 3.92. The summed E-state index contributed by atoms with van der Waals surface area (Å²) in [6, 6.07) is 7.36. The van der Waals surface area contributed by atoms with E-state index in [9.17, 15) is 4.79 Å². The molecule has 1 fully saturated rings. The summed E-state index contributed by atoms with van der Waals surface area (Å²) in [6.45, 7) is 0. The lowest BCUT2D eigenvalue weighted by atomic mass is 9.96. The van der Waals surface area contributed by atoms with Crippen molar-refractivity contribution < 1.29 is 9.53 Å². The molecule has 2 rings (SSSR count). The van der Waals surface area contributed by atoms with Gasteiger partial charge in [-0.2, -0.15) is 0 Å². The first-order chi connectivity index (χ1) is 7.78. The quantitative estimate of drug-likeness (QED) is 0.821. The van der Waals surface area contributed by atoms with Crippen LogP contribution >= 0.6 is 11.6 Å². The number of alkyl halides is 1. The van der Waals surface area contributed by atoms with Crippen molar-refractivity contribution in [3.05, 3.63) is 24.3 Å². The fourth-order valence-electron chi connectivity index (χ4n) is 1.49. The van der Waals surface area contributed by atoms with Gasteiger partial charge >= 0.3 is 0 Å². The molecule has 0 radical (unpaired) electrons. The van der Waals surface area contributed by atoms with Crippen molar-refractivity contribution in [1.29, 1.82) is 0 Å². The van der Waals surface area contributed by atoms with E-state index in [1.54, 1.807) is 0 Å². The van der Waals surface area contributed by atoms with Crippen molar-refractivity contribution in [2.75, 3.05) is 11.2 Å². The second-order valence-electron chi connectivity index (χ2n) is 3.88. The van der Waals surface area contributed by atoms with Crippen molar-refractivity contribution in [1.82, 2.24) is 0 Å². The molecule has 1 saturated carbocycles. The predicted molar refractivity (Wildman–Crippen MR) is 64.1 cm³/mol. The summed E-state index contributed by atoms with van der Waals surface area (Å²) in [5.41, 5.74) is 0.742. The number of benzene rings is 1. The van der Waals surface area contributed by atoms with E-state index < -0.39 is 0 Å². The molecule has 0 unspecified atom stereocenters. The van der Waals surface area contributed by atoms with E-state index in [1.165, 1.54) is 6.42 Å². The normalized spacial score (nSPS) is 15.3. The maximum Gasteiger partial charge on any atom is 0.239 e. The molecule has 1 aromatic carbocycles. The van der Waals surface area contributed by atoms with Crippen LogP contribution in [-0.4, -0.2) is 17.9 Å². The van der Waals surface area contributed by atoms with Gasteiger partial charge in [-0.1, -0.05) is 0 Å². The highest BCUT2D eigenvalue weighted by Gasteiger charge is 2.18. The van der Waals surface area contributed by atoms with Gasteiger partial charge in [0.1, 0.15) is 11.6 Å². The Kier molecular flexibility index (Phi) is 3.67. The molecule has 1 N–H and O–H groups in total.